The molecule has 0 bridgehead atoms. The number of hydrogen-bond donors (Lipinski definition) is 0. The van der Waals surface area contributed by atoms with Crippen LogP contribution in [0.5, 0.6) is 5.75 Å². The molecule has 0 spiro atoms. The number of carbonyl (C=O) groups is 1. The molecule has 0 radical (unpaired) electrons. The number of methoxy groups -OCH3 is 1. The molecule has 0 aromatic heterocycles. The molecule has 1 aliphatic rings. The van der Waals surface area contributed by atoms with Crippen molar-refractivity contribution in [3.8, 4) is 5.75 Å². The van der Waals surface area contributed by atoms with E-state index >= 15 is 4.39 Å². The highest BCUT2D eigenvalue weighted by molar-refractivity contribution is 6.30. The number of nitrogens with zero attached hydrogens (tertiary/aromatic N) is 1. The summed E-state index contributed by atoms with van der Waals surface area (Å²) in [5, 5.41) is 0.625. The molecule has 0 aliphatic carbocycles. The van der Waals surface area contributed by atoms with E-state index in [0.717, 1.165) is 13.2 Å². The Morgan fingerprint density at radius 3 is 2.35 bits per heavy atom. The Morgan fingerprint density at radius 1 is 1.08 bits per heavy atom. The van der Waals surface area contributed by atoms with Crippen LogP contribution in [0, 0.1) is 0 Å². The Balaban J connectivity index is 2.29. The average molecular weight is 390 g/mol. The molecule has 2 aromatic rings. The summed E-state index contributed by atoms with van der Waals surface area (Å²) in [6, 6.07) is 6.28. The van der Waals surface area contributed by atoms with Crippen molar-refractivity contribution in [1.82, 2.24) is 0 Å². The van der Waals surface area contributed by atoms with Gasteiger partial charge in [0.25, 0.3) is 5.91 Å². The smallest absolute Gasteiger partial charge is 0.416 e. The van der Waals surface area contributed by atoms with Crippen LogP contribution in [0.3, 0.4) is 0 Å². The van der Waals surface area contributed by atoms with Crippen LogP contribution in [0.4, 0.5) is 23.2 Å². The molecule has 1 heterocycles. The lowest BCUT2D eigenvalue weighted by Gasteiger charge is -2.22. The molecule has 4 nitrogen and oxygen atoms in total. The highest BCUT2D eigenvalue weighted by atomic mass is 35.5. The minimum atomic E-state index is -4.66. The van der Waals surface area contributed by atoms with Crippen LogP contribution >= 0.6 is 11.6 Å². The van der Waals surface area contributed by atoms with Gasteiger partial charge >= 0.3 is 6.18 Å². The minimum absolute atomic E-state index is 0.0223. The number of benzene rings is 2. The third-order valence-electron chi connectivity index (χ3n) is 4.11. The van der Waals surface area contributed by atoms with Gasteiger partial charge in [-0.1, -0.05) is 17.7 Å². The van der Waals surface area contributed by atoms with Gasteiger partial charge in [0.15, 0.2) is 0 Å². The van der Waals surface area contributed by atoms with Crippen molar-refractivity contribution in [2.24, 2.45) is 0 Å². The van der Waals surface area contributed by atoms with Crippen molar-refractivity contribution >= 4 is 23.2 Å². The SMILES string of the molecule is COc1ccc(Cl)cc1C1(F)C(=O)N(OC)c2cc(C(F)(F)F)ccc21. The van der Waals surface area contributed by atoms with E-state index < -0.39 is 23.3 Å². The molecule has 3 rings (SSSR count). The van der Waals surface area contributed by atoms with Crippen molar-refractivity contribution in [1.29, 1.82) is 0 Å². The van der Waals surface area contributed by atoms with Crippen LogP contribution in [0.1, 0.15) is 16.7 Å². The van der Waals surface area contributed by atoms with Gasteiger partial charge in [0.2, 0.25) is 5.67 Å². The first-order chi connectivity index (χ1) is 12.1. The summed E-state index contributed by atoms with van der Waals surface area (Å²) in [5.74, 6) is -1.18. The van der Waals surface area contributed by atoms with E-state index in [0.29, 0.717) is 17.2 Å². The zero-order chi connectivity index (χ0) is 19.3. The summed E-state index contributed by atoms with van der Waals surface area (Å²) in [6.07, 6.45) is -4.66. The largest absolute Gasteiger partial charge is 0.496 e. The minimum Gasteiger partial charge on any atom is -0.496 e. The topological polar surface area (TPSA) is 38.8 Å². The first-order valence-corrected chi connectivity index (χ1v) is 7.65. The predicted octanol–water partition coefficient (Wildman–Crippen LogP) is 4.49. The fraction of sp³-hybridized carbons (Fsp3) is 0.235. The maximum Gasteiger partial charge on any atom is 0.416 e. The Morgan fingerprint density at radius 2 is 1.77 bits per heavy atom. The molecule has 9 heteroatoms. The number of anilines is 1. The van der Waals surface area contributed by atoms with Gasteiger partial charge < -0.3 is 4.74 Å². The van der Waals surface area contributed by atoms with Crippen molar-refractivity contribution < 1.29 is 31.9 Å². The van der Waals surface area contributed by atoms with Crippen LogP contribution in [-0.4, -0.2) is 20.1 Å². The fourth-order valence-electron chi connectivity index (χ4n) is 2.92. The highest BCUT2D eigenvalue weighted by Gasteiger charge is 2.56. The summed E-state index contributed by atoms with van der Waals surface area (Å²) in [4.78, 5) is 17.5. The molecule has 1 amide bonds. The Kier molecular flexibility index (Phi) is 4.36. The van der Waals surface area contributed by atoms with Crippen molar-refractivity contribution in [2.75, 3.05) is 19.3 Å². The third-order valence-corrected chi connectivity index (χ3v) is 4.34. The number of halogens is 5. The number of fused-ring (bicyclic) bond motifs is 1. The molecule has 2 aromatic carbocycles. The van der Waals surface area contributed by atoms with Crippen LogP contribution < -0.4 is 9.80 Å². The molecular weight excluding hydrogens is 378 g/mol. The van der Waals surface area contributed by atoms with E-state index in [2.05, 4.69) is 0 Å². The standard InChI is InChI=1S/C17H12ClF4NO3/c1-25-14-6-4-10(18)8-12(14)16(19)11-5-3-9(17(20,21)22)7-13(11)23(26-2)15(16)24/h3-8H,1-2H3. The quantitative estimate of drug-likeness (QED) is 0.726. The lowest BCUT2D eigenvalue weighted by atomic mass is 9.88. The first-order valence-electron chi connectivity index (χ1n) is 7.28. The van der Waals surface area contributed by atoms with E-state index in [9.17, 15) is 18.0 Å². The summed E-state index contributed by atoms with van der Waals surface area (Å²) in [5.41, 5.74) is -4.70. The van der Waals surface area contributed by atoms with E-state index in [1.165, 1.54) is 25.3 Å². The number of ether oxygens (including phenoxy) is 1. The summed E-state index contributed by atoms with van der Waals surface area (Å²) >= 11 is 5.92. The van der Waals surface area contributed by atoms with E-state index in [1.807, 2.05) is 0 Å². The molecule has 1 aliphatic heterocycles. The Hall–Kier alpha value is -2.32. The molecule has 26 heavy (non-hydrogen) atoms. The molecule has 0 fully saturated rings. The van der Waals surface area contributed by atoms with Crippen LogP contribution in [0.2, 0.25) is 5.02 Å². The lowest BCUT2D eigenvalue weighted by molar-refractivity contribution is -0.137. The van der Waals surface area contributed by atoms with Gasteiger partial charge in [0.1, 0.15) is 5.75 Å². The van der Waals surface area contributed by atoms with Crippen molar-refractivity contribution in [3.05, 3.63) is 58.1 Å². The number of amides is 1. The summed E-state index contributed by atoms with van der Waals surface area (Å²) in [6.45, 7) is 0. The van der Waals surface area contributed by atoms with Gasteiger partial charge in [-0.3, -0.25) is 9.63 Å². The molecule has 138 valence electrons. The second kappa shape index (κ2) is 6.14. The van der Waals surface area contributed by atoms with E-state index in [-0.39, 0.29) is 27.6 Å². The number of hydrogen-bond acceptors (Lipinski definition) is 3. The van der Waals surface area contributed by atoms with E-state index in [4.69, 9.17) is 21.2 Å². The highest BCUT2D eigenvalue weighted by Crippen LogP contribution is 2.51. The number of hydroxylamine groups is 1. The van der Waals surface area contributed by atoms with Gasteiger partial charge in [0, 0.05) is 16.1 Å². The maximum absolute atomic E-state index is 16.0. The third kappa shape index (κ3) is 2.60. The number of rotatable bonds is 3. The zero-order valence-corrected chi connectivity index (χ0v) is 14.3. The second-order valence-corrected chi connectivity index (χ2v) is 5.95. The Bertz CT molecular complexity index is 887. The molecule has 0 saturated carbocycles. The fourth-order valence-corrected chi connectivity index (χ4v) is 3.09. The Labute approximate surface area is 150 Å². The average Bonchev–Trinajstić information content (AvgIpc) is 2.82. The normalized spacial score (nSPS) is 19.7. The molecule has 0 N–H and O–H groups in total. The summed E-state index contributed by atoms with van der Waals surface area (Å²) in [7, 11) is 2.33. The first kappa shape index (κ1) is 18.5. The van der Waals surface area contributed by atoms with Gasteiger partial charge in [-0.2, -0.15) is 18.2 Å². The predicted molar refractivity (Wildman–Crippen MR) is 85.8 cm³/mol. The van der Waals surface area contributed by atoms with Crippen molar-refractivity contribution in [3.63, 3.8) is 0 Å². The number of alkyl halides is 4. The van der Waals surface area contributed by atoms with Gasteiger partial charge in [-0.25, -0.2) is 4.39 Å². The molecule has 1 atom stereocenters. The number of carbonyl (C=O) groups excluding carboxylic acids is 1. The van der Waals surface area contributed by atoms with Crippen LogP contribution in [0.15, 0.2) is 36.4 Å². The zero-order valence-electron chi connectivity index (χ0n) is 13.5. The van der Waals surface area contributed by atoms with Gasteiger partial charge in [-0.05, 0) is 30.3 Å². The summed E-state index contributed by atoms with van der Waals surface area (Å²) < 4.78 is 60.1. The maximum atomic E-state index is 16.0. The second-order valence-electron chi connectivity index (χ2n) is 5.51. The molecule has 1 unspecified atom stereocenters. The molecular formula is C17H12ClF4NO3. The van der Waals surface area contributed by atoms with Gasteiger partial charge in [-0.15, -0.1) is 0 Å². The molecule has 0 saturated heterocycles. The van der Waals surface area contributed by atoms with Crippen molar-refractivity contribution in [2.45, 2.75) is 11.8 Å². The van der Waals surface area contributed by atoms with Crippen LogP contribution in [0.25, 0.3) is 0 Å². The lowest BCUT2D eigenvalue weighted by Crippen LogP contribution is -2.37. The monoisotopic (exact) mass is 389 g/mol. The van der Waals surface area contributed by atoms with Crippen LogP contribution in [-0.2, 0) is 21.5 Å². The van der Waals surface area contributed by atoms with E-state index in [1.54, 1.807) is 0 Å². The van der Waals surface area contributed by atoms with Gasteiger partial charge in [0.05, 0.1) is 25.5 Å².